The van der Waals surface area contributed by atoms with Crippen LogP contribution < -0.4 is 5.32 Å². The van der Waals surface area contributed by atoms with Crippen LogP contribution in [0, 0.1) is 0 Å². The van der Waals surface area contributed by atoms with Gasteiger partial charge in [0.1, 0.15) is 6.26 Å². The van der Waals surface area contributed by atoms with E-state index >= 15 is 0 Å². The summed E-state index contributed by atoms with van der Waals surface area (Å²) in [5, 5.41) is 8.43. The standard InChI is InChI=1S/C13H14Cl2N2O/c1-2-13(16-8-10-5-6-18-17-10)9-3-4-11(14)12(15)7-9/h3-7,13,16H,2,8H2,1H3. The third-order valence-corrected chi connectivity index (χ3v) is 3.51. The summed E-state index contributed by atoms with van der Waals surface area (Å²) < 4.78 is 4.79. The summed E-state index contributed by atoms with van der Waals surface area (Å²) in [5.74, 6) is 0. The number of aromatic nitrogens is 1. The fraction of sp³-hybridized carbons (Fsp3) is 0.308. The molecule has 0 aliphatic heterocycles. The lowest BCUT2D eigenvalue weighted by atomic mass is 10.0. The van der Waals surface area contributed by atoms with Crippen LogP contribution in [0.2, 0.25) is 10.0 Å². The maximum atomic E-state index is 6.03. The number of nitrogens with zero attached hydrogens (tertiary/aromatic N) is 1. The zero-order valence-corrected chi connectivity index (χ0v) is 11.5. The summed E-state index contributed by atoms with van der Waals surface area (Å²) in [6.45, 7) is 2.78. The molecule has 0 radical (unpaired) electrons. The Kier molecular flexibility index (Phi) is 4.64. The molecule has 1 atom stereocenters. The summed E-state index contributed by atoms with van der Waals surface area (Å²) in [6.07, 6.45) is 2.52. The molecule has 0 fully saturated rings. The molecule has 1 heterocycles. The minimum absolute atomic E-state index is 0.219. The highest BCUT2D eigenvalue weighted by Gasteiger charge is 2.11. The van der Waals surface area contributed by atoms with Crippen molar-refractivity contribution in [2.75, 3.05) is 0 Å². The van der Waals surface area contributed by atoms with Crippen molar-refractivity contribution in [3.8, 4) is 0 Å². The Morgan fingerprint density at radius 2 is 2.11 bits per heavy atom. The number of rotatable bonds is 5. The lowest BCUT2D eigenvalue weighted by molar-refractivity contribution is 0.403. The topological polar surface area (TPSA) is 38.1 Å². The molecule has 0 aliphatic carbocycles. The molecule has 1 aromatic heterocycles. The number of hydrogen-bond acceptors (Lipinski definition) is 3. The molecule has 2 aromatic rings. The van der Waals surface area contributed by atoms with Crippen LogP contribution in [-0.2, 0) is 6.54 Å². The molecule has 1 aromatic carbocycles. The predicted molar refractivity (Wildman–Crippen MR) is 72.8 cm³/mol. The Morgan fingerprint density at radius 1 is 1.28 bits per heavy atom. The van der Waals surface area contributed by atoms with Gasteiger partial charge in [-0.3, -0.25) is 0 Å². The molecular weight excluding hydrogens is 271 g/mol. The fourth-order valence-corrected chi connectivity index (χ4v) is 2.09. The summed E-state index contributed by atoms with van der Waals surface area (Å²) in [4.78, 5) is 0. The fourth-order valence-electron chi connectivity index (χ4n) is 1.78. The quantitative estimate of drug-likeness (QED) is 0.893. The van der Waals surface area contributed by atoms with E-state index in [1.54, 1.807) is 6.26 Å². The van der Waals surface area contributed by atoms with Crippen molar-refractivity contribution in [1.29, 1.82) is 0 Å². The Balaban J connectivity index is 2.05. The molecule has 0 saturated carbocycles. The van der Waals surface area contributed by atoms with Crippen molar-refractivity contribution in [3.05, 3.63) is 51.8 Å². The Morgan fingerprint density at radius 3 is 2.72 bits per heavy atom. The van der Waals surface area contributed by atoms with Crippen LogP contribution in [0.5, 0.6) is 0 Å². The van der Waals surface area contributed by atoms with Gasteiger partial charge in [0, 0.05) is 18.7 Å². The highest BCUT2D eigenvalue weighted by atomic mass is 35.5. The SMILES string of the molecule is CCC(NCc1ccon1)c1ccc(Cl)c(Cl)c1. The van der Waals surface area contributed by atoms with Gasteiger partial charge < -0.3 is 9.84 Å². The van der Waals surface area contributed by atoms with E-state index in [9.17, 15) is 0 Å². The number of hydrogen-bond donors (Lipinski definition) is 1. The van der Waals surface area contributed by atoms with Crippen molar-refractivity contribution in [3.63, 3.8) is 0 Å². The zero-order valence-electron chi connectivity index (χ0n) is 9.99. The van der Waals surface area contributed by atoms with Gasteiger partial charge in [-0.2, -0.15) is 0 Å². The van der Waals surface area contributed by atoms with Crippen molar-refractivity contribution < 1.29 is 4.52 Å². The molecule has 2 rings (SSSR count). The second-order valence-corrected chi connectivity index (χ2v) is 4.82. The first kappa shape index (κ1) is 13.4. The summed E-state index contributed by atoms with van der Waals surface area (Å²) in [6, 6.07) is 7.76. The molecule has 5 heteroatoms. The molecule has 0 saturated heterocycles. The van der Waals surface area contributed by atoms with E-state index in [4.69, 9.17) is 27.7 Å². The normalized spacial score (nSPS) is 12.6. The van der Waals surface area contributed by atoms with Gasteiger partial charge in [-0.05, 0) is 24.1 Å². The van der Waals surface area contributed by atoms with Crippen LogP contribution in [0.1, 0.15) is 30.6 Å². The van der Waals surface area contributed by atoms with Crippen molar-refractivity contribution in [2.45, 2.75) is 25.9 Å². The van der Waals surface area contributed by atoms with Crippen LogP contribution >= 0.6 is 23.2 Å². The lowest BCUT2D eigenvalue weighted by Gasteiger charge is -2.17. The maximum Gasteiger partial charge on any atom is 0.124 e. The van der Waals surface area contributed by atoms with E-state index in [0.717, 1.165) is 17.7 Å². The summed E-state index contributed by atoms with van der Waals surface area (Å²) in [7, 11) is 0. The number of halogens is 2. The molecule has 18 heavy (non-hydrogen) atoms. The molecule has 0 spiro atoms. The van der Waals surface area contributed by atoms with Gasteiger partial charge >= 0.3 is 0 Å². The number of nitrogens with one attached hydrogen (secondary N) is 1. The first-order chi connectivity index (χ1) is 8.70. The van der Waals surface area contributed by atoms with Crippen molar-refractivity contribution in [1.82, 2.24) is 10.5 Å². The van der Waals surface area contributed by atoms with Crippen molar-refractivity contribution in [2.24, 2.45) is 0 Å². The van der Waals surface area contributed by atoms with Crippen molar-refractivity contribution >= 4 is 23.2 Å². The van der Waals surface area contributed by atoms with E-state index in [2.05, 4.69) is 17.4 Å². The van der Waals surface area contributed by atoms with Gasteiger partial charge in [0.2, 0.25) is 0 Å². The molecule has 0 bridgehead atoms. The van der Waals surface area contributed by atoms with E-state index in [-0.39, 0.29) is 6.04 Å². The zero-order chi connectivity index (χ0) is 13.0. The summed E-state index contributed by atoms with van der Waals surface area (Å²) >= 11 is 11.9. The average molecular weight is 285 g/mol. The number of benzene rings is 1. The highest BCUT2D eigenvalue weighted by Crippen LogP contribution is 2.26. The maximum absolute atomic E-state index is 6.03. The lowest BCUT2D eigenvalue weighted by Crippen LogP contribution is -2.20. The van der Waals surface area contributed by atoms with Crippen LogP contribution in [0.4, 0.5) is 0 Å². The Labute approximate surface area is 116 Å². The van der Waals surface area contributed by atoms with Gasteiger partial charge in [0.25, 0.3) is 0 Å². The first-order valence-electron chi connectivity index (χ1n) is 5.78. The molecule has 0 amide bonds. The van der Waals surface area contributed by atoms with E-state index in [1.165, 1.54) is 0 Å². The van der Waals surface area contributed by atoms with Crippen LogP contribution in [0.3, 0.4) is 0 Å². The smallest absolute Gasteiger partial charge is 0.124 e. The third-order valence-electron chi connectivity index (χ3n) is 2.78. The molecule has 3 nitrogen and oxygen atoms in total. The van der Waals surface area contributed by atoms with Gasteiger partial charge in [-0.15, -0.1) is 0 Å². The molecular formula is C13H14Cl2N2O. The van der Waals surface area contributed by atoms with E-state index in [0.29, 0.717) is 16.6 Å². The van der Waals surface area contributed by atoms with E-state index < -0.39 is 0 Å². The van der Waals surface area contributed by atoms with Crippen LogP contribution in [-0.4, -0.2) is 5.16 Å². The van der Waals surface area contributed by atoms with Crippen LogP contribution in [0.15, 0.2) is 35.1 Å². The third kappa shape index (κ3) is 3.25. The van der Waals surface area contributed by atoms with Gasteiger partial charge in [-0.25, -0.2) is 0 Å². The largest absolute Gasteiger partial charge is 0.364 e. The molecule has 0 aliphatic rings. The van der Waals surface area contributed by atoms with Gasteiger partial charge in [0.15, 0.2) is 0 Å². The highest BCUT2D eigenvalue weighted by molar-refractivity contribution is 6.42. The Bertz CT molecular complexity index is 500. The average Bonchev–Trinajstić information content (AvgIpc) is 2.87. The van der Waals surface area contributed by atoms with Gasteiger partial charge in [0.05, 0.1) is 15.7 Å². The van der Waals surface area contributed by atoms with Gasteiger partial charge in [-0.1, -0.05) is 41.3 Å². The molecule has 1 N–H and O–H groups in total. The predicted octanol–water partition coefficient (Wildman–Crippen LogP) is 4.22. The second-order valence-electron chi connectivity index (χ2n) is 4.01. The van der Waals surface area contributed by atoms with E-state index in [1.807, 2.05) is 24.3 Å². The minimum Gasteiger partial charge on any atom is -0.364 e. The minimum atomic E-state index is 0.219. The van der Waals surface area contributed by atoms with Crippen LogP contribution in [0.25, 0.3) is 0 Å². The summed E-state index contributed by atoms with van der Waals surface area (Å²) in [5.41, 5.74) is 2.00. The first-order valence-corrected chi connectivity index (χ1v) is 6.54. The Hall–Kier alpha value is -1.03. The molecule has 96 valence electrons. The molecule has 1 unspecified atom stereocenters. The monoisotopic (exact) mass is 284 g/mol. The second kappa shape index (κ2) is 6.23.